The average molecular weight is 381 g/mol. The summed E-state index contributed by atoms with van der Waals surface area (Å²) in [5, 5.41) is 3.52. The molecule has 1 aromatic rings. The lowest BCUT2D eigenvalue weighted by molar-refractivity contribution is -0.122. The van der Waals surface area contributed by atoms with E-state index in [1.165, 1.54) is 6.42 Å². The Bertz CT molecular complexity index is 611. The molecule has 0 radical (unpaired) electrons. The SMILES string of the molecule is CCOCCOc1c(Cl)cccc1NC(=O)C1CC2CCCC(C1)C2N. The standard InChI is InChI=1S/C20H29ClN2O3/c1-2-25-9-10-26-19-16(21)7-4-8-17(19)23-20(24)15-11-13-5-3-6-14(12-15)18(13)22/h4,7-8,13-15,18H,2-3,5-6,9-12,22H2,1H3,(H,23,24). The number of amides is 1. The van der Waals surface area contributed by atoms with E-state index in [9.17, 15) is 4.79 Å². The first-order chi connectivity index (χ1) is 12.6. The van der Waals surface area contributed by atoms with E-state index in [1.807, 2.05) is 19.1 Å². The van der Waals surface area contributed by atoms with Crippen molar-refractivity contribution in [1.82, 2.24) is 0 Å². The summed E-state index contributed by atoms with van der Waals surface area (Å²) in [6.45, 7) is 3.45. The second kappa shape index (κ2) is 9.07. The lowest BCUT2D eigenvalue weighted by Gasteiger charge is -2.43. The van der Waals surface area contributed by atoms with Gasteiger partial charge in [0.1, 0.15) is 6.61 Å². The van der Waals surface area contributed by atoms with Gasteiger partial charge in [-0.3, -0.25) is 4.79 Å². The fourth-order valence-corrected chi connectivity index (χ4v) is 4.57. The molecule has 26 heavy (non-hydrogen) atoms. The van der Waals surface area contributed by atoms with Crippen molar-refractivity contribution in [3.8, 4) is 5.75 Å². The summed E-state index contributed by atoms with van der Waals surface area (Å²) in [5.41, 5.74) is 6.97. The van der Waals surface area contributed by atoms with E-state index >= 15 is 0 Å². The van der Waals surface area contributed by atoms with E-state index in [0.29, 0.717) is 48.1 Å². The maximum absolute atomic E-state index is 12.9. The number of hydrogen-bond acceptors (Lipinski definition) is 4. The van der Waals surface area contributed by atoms with Gasteiger partial charge in [0.25, 0.3) is 0 Å². The van der Waals surface area contributed by atoms with Crippen molar-refractivity contribution >= 4 is 23.2 Å². The Morgan fingerprint density at radius 2 is 2.00 bits per heavy atom. The second-order valence-electron chi connectivity index (χ2n) is 7.35. The van der Waals surface area contributed by atoms with Gasteiger partial charge in [-0.2, -0.15) is 0 Å². The van der Waals surface area contributed by atoms with Crippen LogP contribution in [-0.2, 0) is 9.53 Å². The largest absolute Gasteiger partial charge is 0.487 e. The fraction of sp³-hybridized carbons (Fsp3) is 0.650. The number of rotatable bonds is 7. The number of carbonyl (C=O) groups is 1. The van der Waals surface area contributed by atoms with Crippen LogP contribution in [0.4, 0.5) is 5.69 Å². The summed E-state index contributed by atoms with van der Waals surface area (Å²) in [6.07, 6.45) is 5.29. The molecule has 1 amide bonds. The monoisotopic (exact) mass is 380 g/mol. The molecule has 2 aliphatic carbocycles. The zero-order valence-electron chi connectivity index (χ0n) is 15.4. The summed E-state index contributed by atoms with van der Waals surface area (Å²) in [4.78, 5) is 12.9. The lowest BCUT2D eigenvalue weighted by Crippen LogP contribution is -2.48. The molecule has 0 aromatic heterocycles. The molecule has 2 aliphatic rings. The van der Waals surface area contributed by atoms with Gasteiger partial charge in [0, 0.05) is 18.6 Å². The number of anilines is 1. The van der Waals surface area contributed by atoms with Crippen LogP contribution < -0.4 is 15.8 Å². The van der Waals surface area contributed by atoms with Crippen molar-refractivity contribution < 1.29 is 14.3 Å². The second-order valence-corrected chi connectivity index (χ2v) is 7.76. The Labute approximate surface area is 160 Å². The van der Waals surface area contributed by atoms with Crippen LogP contribution in [0.1, 0.15) is 39.0 Å². The third-order valence-corrected chi connectivity index (χ3v) is 5.98. The number of ether oxygens (including phenoxy) is 2. The van der Waals surface area contributed by atoms with Crippen LogP contribution in [-0.4, -0.2) is 31.8 Å². The van der Waals surface area contributed by atoms with Crippen LogP contribution in [0.15, 0.2) is 18.2 Å². The first kappa shape index (κ1) is 19.5. The number of nitrogens with two attached hydrogens (primary N) is 1. The van der Waals surface area contributed by atoms with E-state index in [4.69, 9.17) is 26.8 Å². The van der Waals surface area contributed by atoms with Crippen LogP contribution in [0.25, 0.3) is 0 Å². The van der Waals surface area contributed by atoms with Crippen LogP contribution in [0.3, 0.4) is 0 Å². The van der Waals surface area contributed by atoms with Gasteiger partial charge in [0.05, 0.1) is 17.3 Å². The third kappa shape index (κ3) is 4.51. The maximum atomic E-state index is 12.9. The number of nitrogens with one attached hydrogen (secondary N) is 1. The normalized spacial score (nSPS) is 27.8. The first-order valence-electron chi connectivity index (χ1n) is 9.65. The molecule has 2 unspecified atom stereocenters. The molecule has 1 aromatic carbocycles. The molecule has 0 heterocycles. The van der Waals surface area contributed by atoms with Gasteiger partial charge >= 0.3 is 0 Å². The molecule has 6 heteroatoms. The molecule has 2 saturated carbocycles. The molecular formula is C20H29ClN2O3. The van der Waals surface area contributed by atoms with Crippen molar-refractivity contribution in [2.24, 2.45) is 23.5 Å². The Hall–Kier alpha value is -1.30. The number of hydrogen-bond donors (Lipinski definition) is 2. The minimum atomic E-state index is 0.0142. The molecule has 0 saturated heterocycles. The Morgan fingerprint density at radius 3 is 2.69 bits per heavy atom. The predicted molar refractivity (Wildman–Crippen MR) is 104 cm³/mol. The number of para-hydroxylation sites is 1. The fourth-order valence-electron chi connectivity index (χ4n) is 4.34. The summed E-state index contributed by atoms with van der Waals surface area (Å²) in [6, 6.07) is 5.67. The molecule has 3 N–H and O–H groups in total. The van der Waals surface area contributed by atoms with Crippen LogP contribution in [0, 0.1) is 17.8 Å². The van der Waals surface area contributed by atoms with Gasteiger partial charge in [-0.05, 0) is 56.6 Å². The van der Waals surface area contributed by atoms with Crippen molar-refractivity contribution in [2.75, 3.05) is 25.1 Å². The van der Waals surface area contributed by atoms with Gasteiger partial charge in [-0.15, -0.1) is 0 Å². The van der Waals surface area contributed by atoms with Gasteiger partial charge < -0.3 is 20.5 Å². The van der Waals surface area contributed by atoms with Gasteiger partial charge in [-0.25, -0.2) is 0 Å². The van der Waals surface area contributed by atoms with Gasteiger partial charge in [0.15, 0.2) is 5.75 Å². The molecule has 3 rings (SSSR count). The molecule has 144 valence electrons. The van der Waals surface area contributed by atoms with Crippen molar-refractivity contribution in [2.45, 2.75) is 45.1 Å². The minimum absolute atomic E-state index is 0.0142. The van der Waals surface area contributed by atoms with E-state index in [1.54, 1.807) is 6.07 Å². The third-order valence-electron chi connectivity index (χ3n) is 5.69. The van der Waals surface area contributed by atoms with Crippen molar-refractivity contribution in [3.63, 3.8) is 0 Å². The van der Waals surface area contributed by atoms with Crippen molar-refractivity contribution in [1.29, 1.82) is 0 Å². The number of halogens is 1. The highest BCUT2D eigenvalue weighted by Crippen LogP contribution is 2.42. The van der Waals surface area contributed by atoms with Crippen LogP contribution >= 0.6 is 11.6 Å². The summed E-state index contributed by atoms with van der Waals surface area (Å²) in [7, 11) is 0. The number of carbonyl (C=O) groups excluding carboxylic acids is 1. The Balaban J connectivity index is 1.64. The highest BCUT2D eigenvalue weighted by Gasteiger charge is 2.40. The molecule has 2 fully saturated rings. The quantitative estimate of drug-likeness (QED) is 0.704. The van der Waals surface area contributed by atoms with Crippen LogP contribution in [0.5, 0.6) is 5.75 Å². The smallest absolute Gasteiger partial charge is 0.227 e. The van der Waals surface area contributed by atoms with Gasteiger partial charge in [0.2, 0.25) is 5.91 Å². The Morgan fingerprint density at radius 1 is 1.27 bits per heavy atom. The van der Waals surface area contributed by atoms with E-state index in [2.05, 4.69) is 5.32 Å². The molecule has 2 atom stereocenters. The zero-order chi connectivity index (χ0) is 18.5. The highest BCUT2D eigenvalue weighted by molar-refractivity contribution is 6.32. The maximum Gasteiger partial charge on any atom is 0.227 e. The predicted octanol–water partition coefficient (Wildman–Crippen LogP) is 3.85. The van der Waals surface area contributed by atoms with Crippen LogP contribution in [0.2, 0.25) is 5.02 Å². The van der Waals surface area contributed by atoms with E-state index in [-0.39, 0.29) is 17.9 Å². The zero-order valence-corrected chi connectivity index (χ0v) is 16.1. The van der Waals surface area contributed by atoms with Gasteiger partial charge in [-0.1, -0.05) is 24.1 Å². The minimum Gasteiger partial charge on any atom is -0.487 e. The Kier molecular flexibility index (Phi) is 6.79. The summed E-state index contributed by atoms with van der Waals surface area (Å²) >= 11 is 6.27. The van der Waals surface area contributed by atoms with Crippen molar-refractivity contribution in [3.05, 3.63) is 23.2 Å². The highest BCUT2D eigenvalue weighted by atomic mass is 35.5. The lowest BCUT2D eigenvalue weighted by atomic mass is 9.65. The molecular weight excluding hydrogens is 352 g/mol. The number of benzene rings is 1. The first-order valence-corrected chi connectivity index (χ1v) is 10.0. The molecule has 0 spiro atoms. The molecule has 2 bridgehead atoms. The van der Waals surface area contributed by atoms with E-state index in [0.717, 1.165) is 25.7 Å². The topological polar surface area (TPSA) is 73.6 Å². The molecule has 0 aliphatic heterocycles. The average Bonchev–Trinajstić information content (AvgIpc) is 2.60. The summed E-state index contributed by atoms with van der Waals surface area (Å²) in [5.74, 6) is 1.51. The summed E-state index contributed by atoms with van der Waals surface area (Å²) < 4.78 is 11.1. The number of fused-ring (bicyclic) bond motifs is 2. The molecule has 5 nitrogen and oxygen atoms in total. The van der Waals surface area contributed by atoms with E-state index < -0.39 is 0 Å².